The molecule has 1 N–H and O–H groups in total. The van der Waals surface area contributed by atoms with Crippen LogP contribution in [0.4, 0.5) is 17.3 Å². The van der Waals surface area contributed by atoms with Crippen LogP contribution < -0.4 is 10.2 Å². The summed E-state index contributed by atoms with van der Waals surface area (Å²) in [5.74, 6) is 3.40. The van der Waals surface area contributed by atoms with Crippen molar-refractivity contribution in [2.24, 2.45) is 11.8 Å². The lowest BCUT2D eigenvalue weighted by atomic mass is 9.82. The van der Waals surface area contributed by atoms with Crippen LogP contribution in [0.25, 0.3) is 6.08 Å². The standard InChI is InChI=1S/C29H34N6O/c1-2-19-10-11-31-26(14-19)32-24-16-23(17-30)29(33-28(24)22-8-9-22)34-12-13-35(25(18-34)21-6-7-21)27(36)15-20-4-3-5-20/h2,10-11,14,16,20-22,25H,1,3-9,12-13,15,18H2,(H,31,32)/t25-/m0/s1. The number of piperazine rings is 1. The number of nitriles is 1. The van der Waals surface area contributed by atoms with E-state index in [1.807, 2.05) is 18.2 Å². The number of rotatable bonds is 8. The van der Waals surface area contributed by atoms with E-state index >= 15 is 0 Å². The highest BCUT2D eigenvalue weighted by Crippen LogP contribution is 2.45. The number of hydrogen-bond donors (Lipinski definition) is 1. The maximum atomic E-state index is 13.1. The van der Waals surface area contributed by atoms with Crippen molar-refractivity contribution in [1.29, 1.82) is 5.26 Å². The Morgan fingerprint density at radius 3 is 2.69 bits per heavy atom. The number of nitrogens with one attached hydrogen (secondary N) is 1. The first-order valence-corrected chi connectivity index (χ1v) is 13.5. The Morgan fingerprint density at radius 1 is 1.19 bits per heavy atom. The molecule has 3 heterocycles. The molecule has 186 valence electrons. The third kappa shape index (κ3) is 4.69. The Balaban J connectivity index is 1.26. The van der Waals surface area contributed by atoms with Crippen molar-refractivity contribution in [3.05, 3.63) is 47.8 Å². The van der Waals surface area contributed by atoms with Gasteiger partial charge in [-0.2, -0.15) is 5.26 Å². The SMILES string of the molecule is C=Cc1ccnc(Nc2cc(C#N)c(N3CCN(C(=O)CC4CCC4)[C@H](C4CC4)C3)nc2C2CC2)c1. The molecule has 1 saturated heterocycles. The van der Waals surface area contributed by atoms with Crippen molar-refractivity contribution in [2.75, 3.05) is 29.9 Å². The molecule has 1 aliphatic heterocycles. The van der Waals surface area contributed by atoms with E-state index < -0.39 is 0 Å². The minimum absolute atomic E-state index is 0.229. The van der Waals surface area contributed by atoms with Gasteiger partial charge in [0, 0.05) is 38.2 Å². The molecular formula is C29H34N6O. The highest BCUT2D eigenvalue weighted by Gasteiger charge is 2.42. The minimum Gasteiger partial charge on any atom is -0.352 e. The van der Waals surface area contributed by atoms with Gasteiger partial charge in [0.15, 0.2) is 0 Å². The van der Waals surface area contributed by atoms with Gasteiger partial charge >= 0.3 is 0 Å². The molecular weight excluding hydrogens is 448 g/mol. The molecule has 3 aliphatic carbocycles. The van der Waals surface area contributed by atoms with Crippen LogP contribution in [0.3, 0.4) is 0 Å². The predicted octanol–water partition coefficient (Wildman–Crippen LogP) is 5.23. The summed E-state index contributed by atoms with van der Waals surface area (Å²) >= 11 is 0. The van der Waals surface area contributed by atoms with Gasteiger partial charge in [-0.3, -0.25) is 4.79 Å². The molecule has 0 radical (unpaired) electrons. The summed E-state index contributed by atoms with van der Waals surface area (Å²) < 4.78 is 0. The monoisotopic (exact) mass is 482 g/mol. The summed E-state index contributed by atoms with van der Waals surface area (Å²) in [6.45, 7) is 6.05. The average molecular weight is 483 g/mol. The van der Waals surface area contributed by atoms with E-state index in [-0.39, 0.29) is 6.04 Å². The van der Waals surface area contributed by atoms with E-state index in [2.05, 4.69) is 32.7 Å². The van der Waals surface area contributed by atoms with Crippen LogP contribution >= 0.6 is 0 Å². The number of hydrogen-bond acceptors (Lipinski definition) is 6. The first kappa shape index (κ1) is 23.0. The summed E-state index contributed by atoms with van der Waals surface area (Å²) in [4.78, 5) is 27.1. The van der Waals surface area contributed by atoms with Gasteiger partial charge in [0.2, 0.25) is 5.91 Å². The van der Waals surface area contributed by atoms with Crippen LogP contribution in [0.15, 0.2) is 31.0 Å². The molecule has 4 fully saturated rings. The second-order valence-corrected chi connectivity index (χ2v) is 10.9. The quantitative estimate of drug-likeness (QED) is 0.555. The summed E-state index contributed by atoms with van der Waals surface area (Å²) in [6, 6.07) is 8.43. The van der Waals surface area contributed by atoms with Crippen molar-refractivity contribution in [3.8, 4) is 6.07 Å². The maximum absolute atomic E-state index is 13.1. The molecule has 7 heteroatoms. The number of amides is 1. The van der Waals surface area contributed by atoms with E-state index in [0.717, 1.165) is 61.1 Å². The van der Waals surface area contributed by atoms with Gasteiger partial charge in [0.05, 0.1) is 23.0 Å². The van der Waals surface area contributed by atoms with Crippen LogP contribution in [-0.4, -0.2) is 46.5 Å². The second-order valence-electron chi connectivity index (χ2n) is 10.9. The molecule has 1 atom stereocenters. The van der Waals surface area contributed by atoms with Crippen molar-refractivity contribution >= 4 is 29.3 Å². The van der Waals surface area contributed by atoms with Crippen molar-refractivity contribution in [3.63, 3.8) is 0 Å². The molecule has 2 aromatic rings. The zero-order valence-corrected chi connectivity index (χ0v) is 20.8. The first-order chi connectivity index (χ1) is 17.6. The zero-order chi connectivity index (χ0) is 24.6. The Morgan fingerprint density at radius 2 is 2.03 bits per heavy atom. The maximum Gasteiger partial charge on any atom is 0.223 e. The van der Waals surface area contributed by atoms with E-state index in [1.54, 1.807) is 12.3 Å². The predicted molar refractivity (Wildman–Crippen MR) is 141 cm³/mol. The molecule has 3 saturated carbocycles. The lowest BCUT2D eigenvalue weighted by molar-refractivity contribution is -0.136. The van der Waals surface area contributed by atoms with E-state index in [0.29, 0.717) is 35.6 Å². The van der Waals surface area contributed by atoms with Crippen molar-refractivity contribution < 1.29 is 4.79 Å². The molecule has 4 aliphatic rings. The molecule has 6 rings (SSSR count). The summed E-state index contributed by atoms with van der Waals surface area (Å²) in [5, 5.41) is 13.5. The number of aromatic nitrogens is 2. The van der Waals surface area contributed by atoms with Gasteiger partial charge in [-0.25, -0.2) is 9.97 Å². The van der Waals surface area contributed by atoms with Crippen LogP contribution in [0.5, 0.6) is 0 Å². The molecule has 0 unspecified atom stereocenters. The number of pyridine rings is 2. The zero-order valence-electron chi connectivity index (χ0n) is 20.8. The smallest absolute Gasteiger partial charge is 0.223 e. The molecule has 0 spiro atoms. The van der Waals surface area contributed by atoms with Crippen LogP contribution in [0, 0.1) is 23.2 Å². The van der Waals surface area contributed by atoms with Crippen LogP contribution in [-0.2, 0) is 4.79 Å². The van der Waals surface area contributed by atoms with Crippen molar-refractivity contribution in [2.45, 2.75) is 63.3 Å². The lowest BCUT2D eigenvalue weighted by Crippen LogP contribution is -2.57. The fourth-order valence-corrected chi connectivity index (χ4v) is 5.65. The normalized spacial score (nSPS) is 22.0. The molecule has 36 heavy (non-hydrogen) atoms. The highest BCUT2D eigenvalue weighted by atomic mass is 16.2. The molecule has 1 amide bonds. The van der Waals surface area contributed by atoms with Gasteiger partial charge in [-0.15, -0.1) is 0 Å². The fourth-order valence-electron chi connectivity index (χ4n) is 5.65. The lowest BCUT2D eigenvalue weighted by Gasteiger charge is -2.43. The average Bonchev–Trinajstić information content (AvgIpc) is 3.79. The third-order valence-electron chi connectivity index (χ3n) is 8.29. The molecule has 0 bridgehead atoms. The fraction of sp³-hybridized carbons (Fsp3) is 0.517. The Bertz CT molecular complexity index is 1210. The Hall–Kier alpha value is -3.40. The van der Waals surface area contributed by atoms with Crippen LogP contribution in [0.1, 0.15) is 74.1 Å². The molecule has 7 nitrogen and oxygen atoms in total. The highest BCUT2D eigenvalue weighted by molar-refractivity contribution is 5.77. The number of anilines is 3. The topological polar surface area (TPSA) is 85.2 Å². The number of nitrogens with zero attached hydrogens (tertiary/aromatic N) is 5. The number of carbonyl (C=O) groups excluding carboxylic acids is 1. The van der Waals surface area contributed by atoms with Gasteiger partial charge in [-0.05, 0) is 74.1 Å². The van der Waals surface area contributed by atoms with Gasteiger partial charge in [0.1, 0.15) is 17.7 Å². The summed E-state index contributed by atoms with van der Waals surface area (Å²) in [7, 11) is 0. The Labute approximate surface area is 213 Å². The second kappa shape index (κ2) is 9.57. The number of carbonyl (C=O) groups is 1. The third-order valence-corrected chi connectivity index (χ3v) is 8.29. The van der Waals surface area contributed by atoms with E-state index in [4.69, 9.17) is 4.98 Å². The Kier molecular flexibility index (Phi) is 6.12. The van der Waals surface area contributed by atoms with Gasteiger partial charge in [0.25, 0.3) is 0 Å². The molecule has 2 aromatic heterocycles. The van der Waals surface area contributed by atoms with E-state index in [9.17, 15) is 10.1 Å². The van der Waals surface area contributed by atoms with Crippen molar-refractivity contribution in [1.82, 2.24) is 14.9 Å². The van der Waals surface area contributed by atoms with Gasteiger partial charge in [-0.1, -0.05) is 19.1 Å². The molecule has 0 aromatic carbocycles. The van der Waals surface area contributed by atoms with Gasteiger partial charge < -0.3 is 15.1 Å². The minimum atomic E-state index is 0.229. The first-order valence-electron chi connectivity index (χ1n) is 13.5. The van der Waals surface area contributed by atoms with E-state index in [1.165, 1.54) is 32.1 Å². The summed E-state index contributed by atoms with van der Waals surface area (Å²) in [6.07, 6.45) is 12.5. The summed E-state index contributed by atoms with van der Waals surface area (Å²) in [5.41, 5.74) is 3.44. The van der Waals surface area contributed by atoms with Crippen LogP contribution in [0.2, 0.25) is 0 Å². The largest absolute Gasteiger partial charge is 0.352 e.